The van der Waals surface area contributed by atoms with Crippen LogP contribution in [0, 0.1) is 30.6 Å². The number of aryl methyl sites for hydroxylation is 1. The van der Waals surface area contributed by atoms with Crippen LogP contribution in [0.5, 0.6) is 0 Å². The number of rotatable bonds is 8. The SMILES string of the molecule is CCCC(OC(=O)c1cc(-c2ccc(N3C(=O)C4C5CC(C(Br)C5Br)C4C3=O)cc2)nc2c(C)c(Cl)c(Br)cc12)C(=O)c1ccccc1. The number of benzene rings is 3. The zero-order valence-electron chi connectivity index (χ0n) is 26.0. The number of esters is 1. The maximum Gasteiger partial charge on any atom is 0.339 e. The van der Waals surface area contributed by atoms with Crippen molar-refractivity contribution >= 4 is 99.5 Å². The van der Waals surface area contributed by atoms with E-state index in [1.54, 1.807) is 60.7 Å². The quantitative estimate of drug-likeness (QED) is 0.0760. The third-order valence-electron chi connectivity index (χ3n) is 10.0. The van der Waals surface area contributed by atoms with E-state index in [2.05, 4.69) is 47.8 Å². The summed E-state index contributed by atoms with van der Waals surface area (Å²) in [5.74, 6) is -1.58. The Kier molecular flexibility index (Phi) is 9.15. The van der Waals surface area contributed by atoms with Gasteiger partial charge in [-0.3, -0.25) is 19.3 Å². The minimum absolute atomic E-state index is 0.125. The number of aromatic nitrogens is 1. The number of carbonyl (C=O) groups is 4. The number of imide groups is 1. The van der Waals surface area contributed by atoms with Crippen molar-refractivity contribution in [2.45, 2.75) is 48.9 Å². The number of hydrogen-bond acceptors (Lipinski definition) is 6. The molecule has 2 amide bonds. The number of Topliss-reactive ketones (excluding diaryl/α,β-unsaturated/α-hetero) is 1. The smallest absolute Gasteiger partial charge is 0.339 e. The van der Waals surface area contributed by atoms with Gasteiger partial charge in [-0.05, 0) is 77.4 Å². The van der Waals surface area contributed by atoms with Gasteiger partial charge >= 0.3 is 5.97 Å². The van der Waals surface area contributed by atoms with E-state index in [0.717, 1.165) is 6.42 Å². The number of pyridine rings is 1. The first-order chi connectivity index (χ1) is 23.0. The van der Waals surface area contributed by atoms with Crippen LogP contribution in [0.4, 0.5) is 5.69 Å². The van der Waals surface area contributed by atoms with Crippen LogP contribution in [0.15, 0.2) is 71.2 Å². The van der Waals surface area contributed by atoms with Crippen molar-refractivity contribution in [3.8, 4) is 11.3 Å². The minimum Gasteiger partial charge on any atom is -0.450 e. The highest BCUT2D eigenvalue weighted by molar-refractivity contribution is 9.12. The standard InChI is InChI=1S/C37H30Br3ClN2O5/c1-3-7-27(34(44)19-8-5-4-6-9-19)48-37(47)22-16-26(42-33-17(2)32(41)25(38)15-21(22)33)18-10-12-20(13-11-18)43-35(45)28-23-14-24(29(28)36(43)46)31(40)30(23)39/h4-6,8-13,15-16,23-24,27-31H,3,7,14H2,1-2H3. The Labute approximate surface area is 308 Å². The van der Waals surface area contributed by atoms with Gasteiger partial charge in [-0.15, -0.1) is 0 Å². The maximum atomic E-state index is 13.9. The highest BCUT2D eigenvalue weighted by Gasteiger charge is 2.66. The number of carbonyl (C=O) groups excluding carboxylic acids is 4. The molecule has 7 nitrogen and oxygen atoms in total. The van der Waals surface area contributed by atoms with E-state index in [4.69, 9.17) is 21.3 Å². The van der Waals surface area contributed by atoms with Gasteiger partial charge in [0.2, 0.25) is 17.6 Å². The van der Waals surface area contributed by atoms with E-state index in [1.807, 2.05) is 19.9 Å². The fourth-order valence-corrected chi connectivity index (χ4v) is 10.2. The first-order valence-corrected chi connectivity index (χ1v) is 18.9. The highest BCUT2D eigenvalue weighted by Crippen LogP contribution is 2.60. The molecule has 7 unspecified atom stereocenters. The molecule has 3 aliphatic rings. The number of fused-ring (bicyclic) bond motifs is 6. The Morgan fingerprint density at radius 3 is 2.21 bits per heavy atom. The summed E-state index contributed by atoms with van der Waals surface area (Å²) >= 11 is 17.6. The van der Waals surface area contributed by atoms with Gasteiger partial charge in [-0.2, -0.15) is 0 Å². The molecular formula is C37H30Br3ClN2O5. The average molecular weight is 858 g/mol. The topological polar surface area (TPSA) is 93.6 Å². The zero-order valence-corrected chi connectivity index (χ0v) is 31.5. The molecule has 0 N–H and O–H groups in total. The number of alkyl halides is 2. The van der Waals surface area contributed by atoms with Gasteiger partial charge in [0.1, 0.15) is 0 Å². The lowest BCUT2D eigenvalue weighted by Crippen LogP contribution is -2.37. The number of nitrogens with zero attached hydrogens (tertiary/aromatic N) is 2. The molecule has 0 radical (unpaired) electrons. The van der Waals surface area contributed by atoms with Gasteiger partial charge in [0.15, 0.2) is 6.10 Å². The van der Waals surface area contributed by atoms with E-state index in [1.165, 1.54) is 4.90 Å². The predicted octanol–water partition coefficient (Wildman–Crippen LogP) is 9.12. The molecule has 2 bridgehead atoms. The van der Waals surface area contributed by atoms with Crippen LogP contribution < -0.4 is 4.90 Å². The van der Waals surface area contributed by atoms with Crippen molar-refractivity contribution < 1.29 is 23.9 Å². The summed E-state index contributed by atoms with van der Waals surface area (Å²) in [7, 11) is 0. The second-order valence-corrected chi connectivity index (χ2v) is 16.1. The van der Waals surface area contributed by atoms with Gasteiger partial charge in [0.05, 0.1) is 39.3 Å². The Hall–Kier alpha value is -2.92. The summed E-state index contributed by atoms with van der Waals surface area (Å²) < 4.78 is 6.53. The van der Waals surface area contributed by atoms with Crippen molar-refractivity contribution in [3.63, 3.8) is 0 Å². The van der Waals surface area contributed by atoms with Crippen LogP contribution in [0.3, 0.4) is 0 Å². The van der Waals surface area contributed by atoms with Crippen molar-refractivity contribution in [2.75, 3.05) is 4.90 Å². The molecule has 0 spiro atoms. The van der Waals surface area contributed by atoms with Crippen LogP contribution >= 0.6 is 59.4 Å². The number of ketones is 1. The van der Waals surface area contributed by atoms with Crippen molar-refractivity contribution in [1.29, 1.82) is 0 Å². The fourth-order valence-electron chi connectivity index (χ4n) is 7.65. The summed E-state index contributed by atoms with van der Waals surface area (Å²) in [6, 6.07) is 19.2. The molecule has 11 heteroatoms. The van der Waals surface area contributed by atoms with Gasteiger partial charge in [0.25, 0.3) is 0 Å². The van der Waals surface area contributed by atoms with Crippen LogP contribution in [-0.2, 0) is 14.3 Å². The molecule has 7 rings (SSSR count). The van der Waals surface area contributed by atoms with E-state index >= 15 is 0 Å². The van der Waals surface area contributed by atoms with Crippen molar-refractivity contribution in [3.05, 3.63) is 92.9 Å². The largest absolute Gasteiger partial charge is 0.450 e. The second-order valence-electron chi connectivity index (χ2n) is 12.7. The molecule has 2 saturated carbocycles. The molecule has 2 heterocycles. The monoisotopic (exact) mass is 854 g/mol. The molecule has 3 fully saturated rings. The lowest BCUT2D eigenvalue weighted by Gasteiger charge is -2.28. The molecule has 3 aromatic carbocycles. The molecule has 48 heavy (non-hydrogen) atoms. The third kappa shape index (κ3) is 5.47. The average Bonchev–Trinajstić information content (AvgIpc) is 3.71. The Morgan fingerprint density at radius 2 is 1.60 bits per heavy atom. The summed E-state index contributed by atoms with van der Waals surface area (Å²) in [5.41, 5.74) is 3.54. The van der Waals surface area contributed by atoms with Gasteiger partial charge in [0, 0.05) is 30.6 Å². The van der Waals surface area contributed by atoms with Gasteiger partial charge < -0.3 is 4.74 Å². The van der Waals surface area contributed by atoms with Gasteiger partial charge in [-0.1, -0.05) is 99.3 Å². The molecule has 2 aliphatic carbocycles. The molecular weight excluding hydrogens is 828 g/mol. The molecule has 1 aromatic heterocycles. The van der Waals surface area contributed by atoms with E-state index < -0.39 is 12.1 Å². The molecule has 246 valence electrons. The zero-order chi connectivity index (χ0) is 34.0. The number of anilines is 1. The molecule has 1 saturated heterocycles. The van der Waals surface area contributed by atoms with Crippen LogP contribution in [0.2, 0.25) is 5.02 Å². The summed E-state index contributed by atoms with van der Waals surface area (Å²) in [5, 5.41) is 0.994. The van der Waals surface area contributed by atoms with Crippen LogP contribution in [-0.4, -0.2) is 44.3 Å². The predicted molar refractivity (Wildman–Crippen MR) is 196 cm³/mol. The summed E-state index contributed by atoms with van der Waals surface area (Å²) in [6.45, 7) is 3.76. The summed E-state index contributed by atoms with van der Waals surface area (Å²) in [6.07, 6.45) is 0.917. The number of halogens is 4. The first kappa shape index (κ1) is 33.6. The normalized spacial score (nSPS) is 25.1. The molecule has 1 aliphatic heterocycles. The van der Waals surface area contributed by atoms with E-state index in [-0.39, 0.29) is 56.5 Å². The van der Waals surface area contributed by atoms with E-state index in [0.29, 0.717) is 61.3 Å². The lowest BCUT2D eigenvalue weighted by atomic mass is 9.81. The van der Waals surface area contributed by atoms with E-state index in [9.17, 15) is 19.2 Å². The van der Waals surface area contributed by atoms with Crippen molar-refractivity contribution in [2.24, 2.45) is 23.7 Å². The first-order valence-electron chi connectivity index (χ1n) is 15.9. The number of ether oxygens (including phenoxy) is 1. The molecule has 4 aromatic rings. The molecule has 7 atom stereocenters. The number of hydrogen-bond donors (Lipinski definition) is 0. The highest BCUT2D eigenvalue weighted by atomic mass is 79.9. The summed E-state index contributed by atoms with van der Waals surface area (Å²) in [4.78, 5) is 61.0. The minimum atomic E-state index is -0.961. The van der Waals surface area contributed by atoms with Crippen molar-refractivity contribution in [1.82, 2.24) is 4.98 Å². The number of amides is 2. The van der Waals surface area contributed by atoms with Crippen LogP contribution in [0.1, 0.15) is 52.5 Å². The van der Waals surface area contributed by atoms with Crippen LogP contribution in [0.25, 0.3) is 22.2 Å². The Morgan fingerprint density at radius 1 is 0.979 bits per heavy atom. The Bertz CT molecular complexity index is 1960. The van der Waals surface area contributed by atoms with Gasteiger partial charge in [-0.25, -0.2) is 9.78 Å². The maximum absolute atomic E-state index is 13.9. The second kappa shape index (κ2) is 13.1. The third-order valence-corrected chi connectivity index (χ3v) is 14.6. The fraction of sp³-hybridized carbons (Fsp3) is 0.324. The lowest BCUT2D eigenvalue weighted by molar-refractivity contribution is -0.123. The Balaban J connectivity index is 1.23.